The Morgan fingerprint density at radius 1 is 0.886 bits per heavy atom. The van der Waals surface area contributed by atoms with E-state index in [4.69, 9.17) is 9.16 Å². The van der Waals surface area contributed by atoms with Crippen LogP contribution in [-0.2, 0) is 15.8 Å². The standard InChI is InChI=1S/C29H35NO4Si/c1-29(2,3)35(25-15-9-5-10-16-25,26-17-11-6-12-18-26)34-22-27-24(19-30(27)28(31)32)21-33-20-23-13-7-4-8-14-23/h4-18,24,27H,19-22H2,1-3H3,(H,31,32)/t24-,27-/m0/s1. The van der Waals surface area contributed by atoms with E-state index in [0.717, 1.165) is 5.56 Å². The van der Waals surface area contributed by atoms with Gasteiger partial charge in [0, 0.05) is 12.5 Å². The normalized spacial score (nSPS) is 18.2. The van der Waals surface area contributed by atoms with Gasteiger partial charge in [0.15, 0.2) is 0 Å². The summed E-state index contributed by atoms with van der Waals surface area (Å²) in [5, 5.41) is 12.0. The number of carboxylic acid groups (broad SMARTS) is 1. The monoisotopic (exact) mass is 489 g/mol. The van der Waals surface area contributed by atoms with E-state index in [1.807, 2.05) is 42.5 Å². The minimum atomic E-state index is -2.73. The molecule has 0 bridgehead atoms. The van der Waals surface area contributed by atoms with Gasteiger partial charge in [0.2, 0.25) is 0 Å². The quantitative estimate of drug-likeness (QED) is 0.441. The number of amides is 1. The lowest BCUT2D eigenvalue weighted by Gasteiger charge is -2.49. The fourth-order valence-corrected chi connectivity index (χ4v) is 9.69. The number of rotatable bonds is 9. The van der Waals surface area contributed by atoms with Crippen molar-refractivity contribution in [3.8, 4) is 0 Å². The summed E-state index contributed by atoms with van der Waals surface area (Å²) in [6.07, 6.45) is -0.902. The molecule has 3 aromatic carbocycles. The van der Waals surface area contributed by atoms with E-state index in [1.54, 1.807) is 0 Å². The number of benzene rings is 3. The molecule has 6 heteroatoms. The van der Waals surface area contributed by atoms with Crippen molar-refractivity contribution in [3.63, 3.8) is 0 Å². The Morgan fingerprint density at radius 2 is 1.40 bits per heavy atom. The van der Waals surface area contributed by atoms with Crippen molar-refractivity contribution in [2.24, 2.45) is 5.92 Å². The van der Waals surface area contributed by atoms with Crippen LogP contribution in [0.1, 0.15) is 26.3 Å². The maximum absolute atomic E-state index is 11.9. The van der Waals surface area contributed by atoms with Crippen molar-refractivity contribution in [3.05, 3.63) is 96.6 Å². The van der Waals surface area contributed by atoms with Crippen LogP contribution in [0.4, 0.5) is 4.79 Å². The van der Waals surface area contributed by atoms with Gasteiger partial charge >= 0.3 is 6.09 Å². The summed E-state index contributed by atoms with van der Waals surface area (Å²) in [7, 11) is -2.73. The fraction of sp³-hybridized carbons (Fsp3) is 0.345. The lowest BCUT2D eigenvalue weighted by Crippen LogP contribution is -2.69. The lowest BCUT2D eigenvalue weighted by molar-refractivity contribution is -0.0478. The molecule has 1 N–H and O–H groups in total. The average molecular weight is 490 g/mol. The van der Waals surface area contributed by atoms with Crippen LogP contribution >= 0.6 is 0 Å². The number of ether oxygens (including phenoxy) is 1. The molecule has 0 spiro atoms. The average Bonchev–Trinajstić information content (AvgIpc) is 2.84. The van der Waals surface area contributed by atoms with Gasteiger partial charge < -0.3 is 19.2 Å². The summed E-state index contributed by atoms with van der Waals surface area (Å²) in [6.45, 7) is 8.54. The first-order chi connectivity index (χ1) is 16.8. The molecule has 1 aliphatic heterocycles. The zero-order valence-electron chi connectivity index (χ0n) is 20.8. The minimum absolute atomic E-state index is 0.105. The van der Waals surface area contributed by atoms with E-state index in [2.05, 4.69) is 69.3 Å². The zero-order valence-corrected chi connectivity index (χ0v) is 21.8. The largest absolute Gasteiger partial charge is 0.465 e. The molecule has 0 unspecified atom stereocenters. The van der Waals surface area contributed by atoms with Crippen molar-refractivity contribution < 1.29 is 19.1 Å². The number of likely N-dealkylation sites (tertiary alicyclic amines) is 1. The number of hydrogen-bond acceptors (Lipinski definition) is 3. The summed E-state index contributed by atoms with van der Waals surface area (Å²) in [6, 6.07) is 30.7. The van der Waals surface area contributed by atoms with Gasteiger partial charge in [-0.05, 0) is 21.0 Å². The molecule has 3 aromatic rings. The third kappa shape index (κ3) is 5.35. The molecule has 1 heterocycles. The van der Waals surface area contributed by atoms with E-state index in [1.165, 1.54) is 15.3 Å². The van der Waals surface area contributed by atoms with Crippen molar-refractivity contribution in [1.82, 2.24) is 4.90 Å². The van der Waals surface area contributed by atoms with E-state index < -0.39 is 14.4 Å². The van der Waals surface area contributed by atoms with Crippen molar-refractivity contribution in [2.45, 2.75) is 38.5 Å². The first-order valence-electron chi connectivity index (χ1n) is 12.2. The van der Waals surface area contributed by atoms with E-state index >= 15 is 0 Å². The highest BCUT2D eigenvalue weighted by atomic mass is 28.4. The third-order valence-electron chi connectivity index (χ3n) is 6.95. The van der Waals surface area contributed by atoms with Gasteiger partial charge in [0.25, 0.3) is 8.32 Å². The Labute approximate surface area is 209 Å². The molecule has 0 saturated carbocycles. The van der Waals surface area contributed by atoms with Crippen LogP contribution < -0.4 is 10.4 Å². The molecule has 1 saturated heterocycles. The molecule has 0 aromatic heterocycles. The van der Waals surface area contributed by atoms with E-state index in [0.29, 0.717) is 26.4 Å². The molecule has 1 aliphatic rings. The van der Waals surface area contributed by atoms with Crippen molar-refractivity contribution in [1.29, 1.82) is 0 Å². The first-order valence-corrected chi connectivity index (χ1v) is 14.1. The molecule has 0 radical (unpaired) electrons. The van der Waals surface area contributed by atoms with Gasteiger partial charge in [0.05, 0.1) is 25.9 Å². The van der Waals surface area contributed by atoms with Crippen molar-refractivity contribution in [2.75, 3.05) is 19.8 Å². The minimum Gasteiger partial charge on any atom is -0.465 e. The second-order valence-electron chi connectivity index (χ2n) is 10.2. The zero-order chi connectivity index (χ0) is 24.9. The molecule has 1 amide bonds. The maximum atomic E-state index is 11.9. The van der Waals surface area contributed by atoms with Gasteiger partial charge in [0.1, 0.15) is 0 Å². The summed E-state index contributed by atoms with van der Waals surface area (Å²) in [5.41, 5.74) is 1.11. The van der Waals surface area contributed by atoms with Gasteiger partial charge in [-0.1, -0.05) is 112 Å². The Bertz CT molecular complexity index is 1050. The highest BCUT2D eigenvalue weighted by Crippen LogP contribution is 2.38. The topological polar surface area (TPSA) is 59.0 Å². The van der Waals surface area contributed by atoms with Crippen molar-refractivity contribution >= 4 is 24.8 Å². The van der Waals surface area contributed by atoms with E-state index in [9.17, 15) is 9.90 Å². The molecule has 2 atom stereocenters. The third-order valence-corrected chi connectivity index (χ3v) is 12.0. The second-order valence-corrected chi connectivity index (χ2v) is 14.5. The Balaban J connectivity index is 1.57. The van der Waals surface area contributed by atoms with Crippen LogP contribution in [0.5, 0.6) is 0 Å². The predicted octanol–water partition coefficient (Wildman–Crippen LogP) is 4.76. The molecule has 5 nitrogen and oxygen atoms in total. The van der Waals surface area contributed by atoms with Crippen LogP contribution in [0.25, 0.3) is 0 Å². The van der Waals surface area contributed by atoms with Crippen LogP contribution in [0.15, 0.2) is 91.0 Å². The van der Waals surface area contributed by atoms with Crippen LogP contribution in [0, 0.1) is 5.92 Å². The first kappa shape index (κ1) is 25.2. The predicted molar refractivity (Wildman–Crippen MR) is 142 cm³/mol. The summed E-state index contributed by atoms with van der Waals surface area (Å²) < 4.78 is 13.0. The number of nitrogens with zero attached hydrogens (tertiary/aromatic N) is 1. The van der Waals surface area contributed by atoms with Crippen LogP contribution in [0.2, 0.25) is 5.04 Å². The smallest absolute Gasteiger partial charge is 0.407 e. The Kier molecular flexibility index (Phi) is 7.74. The molecular weight excluding hydrogens is 454 g/mol. The van der Waals surface area contributed by atoms with Gasteiger partial charge in [-0.25, -0.2) is 4.79 Å². The fourth-order valence-electron chi connectivity index (χ4n) is 5.11. The maximum Gasteiger partial charge on any atom is 0.407 e. The molecule has 184 valence electrons. The lowest BCUT2D eigenvalue weighted by atomic mass is 9.90. The molecule has 4 rings (SSSR count). The molecule has 35 heavy (non-hydrogen) atoms. The van der Waals surface area contributed by atoms with E-state index in [-0.39, 0.29) is 17.0 Å². The number of carbonyl (C=O) groups is 1. The summed E-state index contributed by atoms with van der Waals surface area (Å²) >= 11 is 0. The highest BCUT2D eigenvalue weighted by molar-refractivity contribution is 6.99. The molecule has 0 aliphatic carbocycles. The SMILES string of the molecule is CC(C)(C)[Si](OC[C@H]1[C@H](COCc2ccccc2)CN1C(=O)O)(c1ccccc1)c1ccccc1. The Morgan fingerprint density at radius 3 is 1.89 bits per heavy atom. The molecule has 1 fully saturated rings. The summed E-state index contributed by atoms with van der Waals surface area (Å²) in [5.74, 6) is 0.105. The highest BCUT2D eigenvalue weighted by Gasteiger charge is 2.52. The Hall–Kier alpha value is -2.93. The summed E-state index contributed by atoms with van der Waals surface area (Å²) in [4.78, 5) is 13.4. The van der Waals surface area contributed by atoms with Crippen LogP contribution in [-0.4, -0.2) is 50.2 Å². The number of hydrogen-bond donors (Lipinski definition) is 1. The molecular formula is C29H35NO4Si. The van der Waals surface area contributed by atoms with Gasteiger partial charge in [-0.3, -0.25) is 0 Å². The van der Waals surface area contributed by atoms with Gasteiger partial charge in [-0.2, -0.15) is 0 Å². The second kappa shape index (κ2) is 10.8. The van der Waals surface area contributed by atoms with Gasteiger partial charge in [-0.15, -0.1) is 0 Å². The van der Waals surface area contributed by atoms with Crippen LogP contribution in [0.3, 0.4) is 0 Å².